The molecule has 1 aromatic heterocycles. The van der Waals surface area contributed by atoms with Crippen LogP contribution in [0.25, 0.3) is 11.0 Å². The molecule has 0 aliphatic rings. The van der Waals surface area contributed by atoms with Gasteiger partial charge < -0.3 is 9.73 Å². The van der Waals surface area contributed by atoms with Crippen LogP contribution in [0.3, 0.4) is 0 Å². The van der Waals surface area contributed by atoms with Crippen LogP contribution in [0.2, 0.25) is 0 Å². The van der Waals surface area contributed by atoms with Crippen molar-refractivity contribution in [3.05, 3.63) is 35.6 Å². The highest BCUT2D eigenvalue weighted by atomic mass is 32.1. The van der Waals surface area contributed by atoms with E-state index in [4.69, 9.17) is 16.6 Å². The highest BCUT2D eigenvalue weighted by Gasteiger charge is 2.14. The molecule has 5 heteroatoms. The van der Waals surface area contributed by atoms with Gasteiger partial charge in [-0.25, -0.2) is 0 Å². The van der Waals surface area contributed by atoms with Gasteiger partial charge in [-0.05, 0) is 31.6 Å². The van der Waals surface area contributed by atoms with Gasteiger partial charge in [0.2, 0.25) is 0 Å². The standard InChI is InChI=1S/C14H17N3OS/c1-4-10-11-7-5-6-8-12(11)18-13(10)9(2)16-17-14(19)15-3/h5-8H,4H2,1-3H3,(H2,15,17,19)/b16-9+. The molecule has 0 spiro atoms. The van der Waals surface area contributed by atoms with Gasteiger partial charge >= 0.3 is 0 Å². The zero-order valence-electron chi connectivity index (χ0n) is 11.3. The lowest BCUT2D eigenvalue weighted by Crippen LogP contribution is -2.29. The molecular formula is C14H17N3OS. The summed E-state index contributed by atoms with van der Waals surface area (Å²) in [7, 11) is 1.75. The summed E-state index contributed by atoms with van der Waals surface area (Å²) in [6, 6.07) is 8.02. The molecule has 2 rings (SSSR count). The van der Waals surface area contributed by atoms with Gasteiger partial charge in [-0.3, -0.25) is 5.43 Å². The number of fused-ring (bicyclic) bond motifs is 1. The Morgan fingerprint density at radius 1 is 1.37 bits per heavy atom. The van der Waals surface area contributed by atoms with E-state index in [2.05, 4.69) is 28.8 Å². The molecule has 0 saturated carbocycles. The predicted molar refractivity (Wildman–Crippen MR) is 82.6 cm³/mol. The van der Waals surface area contributed by atoms with Gasteiger partial charge in [-0.2, -0.15) is 5.10 Å². The van der Waals surface area contributed by atoms with Crippen LogP contribution in [0.4, 0.5) is 0 Å². The van der Waals surface area contributed by atoms with Crippen molar-refractivity contribution >= 4 is 34.0 Å². The Bertz CT molecular complexity index is 631. The van der Waals surface area contributed by atoms with Crippen LogP contribution in [-0.2, 0) is 6.42 Å². The number of hydrogen-bond donors (Lipinski definition) is 2. The van der Waals surface area contributed by atoms with Crippen molar-refractivity contribution < 1.29 is 4.42 Å². The third-order valence-electron chi connectivity index (χ3n) is 2.93. The number of aryl methyl sites for hydroxylation is 1. The average Bonchev–Trinajstić information content (AvgIpc) is 2.82. The number of rotatable bonds is 3. The van der Waals surface area contributed by atoms with E-state index in [0.29, 0.717) is 5.11 Å². The molecule has 2 aromatic rings. The lowest BCUT2D eigenvalue weighted by molar-refractivity contribution is 0.598. The minimum Gasteiger partial charge on any atom is -0.454 e. The second-order valence-corrected chi connectivity index (χ2v) is 4.56. The normalized spacial score (nSPS) is 11.6. The summed E-state index contributed by atoms with van der Waals surface area (Å²) >= 11 is 4.99. The second kappa shape index (κ2) is 5.84. The third-order valence-corrected chi connectivity index (χ3v) is 3.23. The van der Waals surface area contributed by atoms with E-state index < -0.39 is 0 Å². The second-order valence-electron chi connectivity index (χ2n) is 4.15. The topological polar surface area (TPSA) is 49.6 Å². The Balaban J connectivity index is 2.41. The van der Waals surface area contributed by atoms with Crippen LogP contribution in [-0.4, -0.2) is 17.9 Å². The fraction of sp³-hybridized carbons (Fsp3) is 0.286. The largest absolute Gasteiger partial charge is 0.454 e. The number of furan rings is 1. The first-order valence-electron chi connectivity index (χ1n) is 6.20. The molecule has 0 atom stereocenters. The van der Waals surface area contributed by atoms with Gasteiger partial charge in [0.1, 0.15) is 11.3 Å². The molecule has 2 N–H and O–H groups in total. The summed E-state index contributed by atoms with van der Waals surface area (Å²) in [4.78, 5) is 0. The molecule has 0 saturated heterocycles. The molecule has 4 nitrogen and oxygen atoms in total. The summed E-state index contributed by atoms with van der Waals surface area (Å²) in [6.07, 6.45) is 0.898. The molecule has 0 radical (unpaired) electrons. The van der Waals surface area contributed by atoms with Crippen molar-refractivity contribution in [3.63, 3.8) is 0 Å². The molecule has 0 aliphatic carbocycles. The fourth-order valence-electron chi connectivity index (χ4n) is 1.98. The number of nitrogens with one attached hydrogen (secondary N) is 2. The number of para-hydroxylation sites is 1. The Labute approximate surface area is 117 Å². The monoisotopic (exact) mass is 275 g/mol. The van der Waals surface area contributed by atoms with E-state index >= 15 is 0 Å². The van der Waals surface area contributed by atoms with E-state index in [1.165, 1.54) is 5.56 Å². The zero-order valence-corrected chi connectivity index (χ0v) is 12.1. The van der Waals surface area contributed by atoms with Crippen molar-refractivity contribution in [1.29, 1.82) is 0 Å². The number of hydrazone groups is 1. The minimum atomic E-state index is 0.480. The minimum absolute atomic E-state index is 0.480. The number of benzene rings is 1. The summed E-state index contributed by atoms with van der Waals surface area (Å²) in [5.74, 6) is 0.815. The molecular weight excluding hydrogens is 258 g/mol. The molecule has 19 heavy (non-hydrogen) atoms. The Morgan fingerprint density at radius 2 is 2.11 bits per heavy atom. The maximum atomic E-state index is 5.88. The molecule has 1 aromatic carbocycles. The van der Waals surface area contributed by atoms with Crippen molar-refractivity contribution in [2.75, 3.05) is 7.05 Å². The van der Waals surface area contributed by atoms with Crippen LogP contribution >= 0.6 is 12.2 Å². The van der Waals surface area contributed by atoms with E-state index in [1.54, 1.807) is 7.05 Å². The number of nitrogens with zero attached hydrogens (tertiary/aromatic N) is 1. The van der Waals surface area contributed by atoms with Gasteiger partial charge in [0.05, 0.1) is 0 Å². The van der Waals surface area contributed by atoms with Crippen LogP contribution in [0.15, 0.2) is 33.8 Å². The van der Waals surface area contributed by atoms with Crippen molar-refractivity contribution in [3.8, 4) is 0 Å². The first kappa shape index (κ1) is 13.5. The zero-order chi connectivity index (χ0) is 13.8. The van der Waals surface area contributed by atoms with Gasteiger partial charge in [-0.15, -0.1) is 0 Å². The SMILES string of the molecule is CCc1c(/C(C)=N/NC(=S)NC)oc2ccccc12. The fourth-order valence-corrected chi connectivity index (χ4v) is 2.03. The molecule has 1 heterocycles. The molecule has 0 bridgehead atoms. The first-order chi connectivity index (χ1) is 9.17. The highest BCUT2D eigenvalue weighted by molar-refractivity contribution is 7.80. The van der Waals surface area contributed by atoms with Crippen LogP contribution in [0.5, 0.6) is 0 Å². The maximum Gasteiger partial charge on any atom is 0.186 e. The Kier molecular flexibility index (Phi) is 4.16. The Hall–Kier alpha value is -1.88. The molecule has 0 unspecified atom stereocenters. The lowest BCUT2D eigenvalue weighted by atomic mass is 10.1. The molecule has 0 aliphatic heterocycles. The van der Waals surface area contributed by atoms with E-state index in [1.807, 2.05) is 25.1 Å². The number of hydrogen-bond acceptors (Lipinski definition) is 3. The number of thiocarbonyl (C=S) groups is 1. The maximum absolute atomic E-state index is 5.88. The van der Waals surface area contributed by atoms with Crippen LogP contribution < -0.4 is 10.7 Å². The van der Waals surface area contributed by atoms with Crippen molar-refractivity contribution in [2.24, 2.45) is 5.10 Å². The predicted octanol–water partition coefficient (Wildman–Crippen LogP) is 2.81. The van der Waals surface area contributed by atoms with E-state index in [9.17, 15) is 0 Å². The van der Waals surface area contributed by atoms with E-state index in [0.717, 1.165) is 28.9 Å². The Morgan fingerprint density at radius 3 is 2.79 bits per heavy atom. The van der Waals surface area contributed by atoms with Crippen molar-refractivity contribution in [1.82, 2.24) is 10.7 Å². The quantitative estimate of drug-likeness (QED) is 0.514. The van der Waals surface area contributed by atoms with E-state index in [-0.39, 0.29) is 0 Å². The van der Waals surface area contributed by atoms with Gasteiger partial charge in [0.15, 0.2) is 10.9 Å². The summed E-state index contributed by atoms with van der Waals surface area (Å²) in [5.41, 5.74) is 5.62. The lowest BCUT2D eigenvalue weighted by Gasteiger charge is -2.03. The highest BCUT2D eigenvalue weighted by Crippen LogP contribution is 2.26. The summed E-state index contributed by atoms with van der Waals surface area (Å²) < 4.78 is 5.88. The first-order valence-corrected chi connectivity index (χ1v) is 6.61. The smallest absolute Gasteiger partial charge is 0.186 e. The van der Waals surface area contributed by atoms with Gasteiger partial charge in [0.25, 0.3) is 0 Å². The molecule has 0 fully saturated rings. The molecule has 0 amide bonds. The molecule has 100 valence electrons. The van der Waals surface area contributed by atoms with Gasteiger partial charge in [0, 0.05) is 18.0 Å². The summed E-state index contributed by atoms with van der Waals surface area (Å²) in [5, 5.41) is 8.67. The summed E-state index contributed by atoms with van der Waals surface area (Å²) in [6.45, 7) is 4.02. The van der Waals surface area contributed by atoms with Gasteiger partial charge in [-0.1, -0.05) is 25.1 Å². The van der Waals surface area contributed by atoms with Crippen LogP contribution in [0, 0.1) is 0 Å². The van der Waals surface area contributed by atoms with Crippen LogP contribution in [0.1, 0.15) is 25.2 Å². The average molecular weight is 275 g/mol. The third kappa shape index (κ3) is 2.76. The van der Waals surface area contributed by atoms with Crippen molar-refractivity contribution in [2.45, 2.75) is 20.3 Å².